The normalized spacial score (nSPS) is 16.9. The Kier molecular flexibility index (Phi) is 17.7. The zero-order valence-corrected chi connectivity index (χ0v) is 29.3. The molecule has 0 saturated carbocycles. The van der Waals surface area contributed by atoms with Gasteiger partial charge in [-0.25, -0.2) is 14.4 Å². The summed E-state index contributed by atoms with van der Waals surface area (Å²) in [6.07, 6.45) is -4.44. The summed E-state index contributed by atoms with van der Waals surface area (Å²) in [7, 11) is 1.57. The number of amides is 2. The Hall–Kier alpha value is -4.08. The molecule has 0 bridgehead atoms. The molecule has 274 valence electrons. The van der Waals surface area contributed by atoms with E-state index in [0.717, 1.165) is 0 Å². The van der Waals surface area contributed by atoms with E-state index in [4.69, 9.17) is 37.9 Å². The van der Waals surface area contributed by atoms with Crippen LogP contribution in [0.2, 0.25) is 0 Å². The van der Waals surface area contributed by atoms with E-state index in [1.165, 1.54) is 46.9 Å². The number of hydrogen-bond acceptors (Lipinski definition) is 14. The number of carboxylic acids is 1. The Labute approximate surface area is 300 Å². The zero-order chi connectivity index (χ0) is 36.3. The number of carboxylic acid groups (broad SMARTS) is 1. The van der Waals surface area contributed by atoms with Gasteiger partial charge in [-0.15, -0.1) is 0 Å². The maximum Gasteiger partial charge on any atom is 0.411 e. The Morgan fingerprint density at radius 1 is 0.940 bits per heavy atom. The SMILES string of the molecule is COCCOCCOCCNC(=O)c1cc(COC(=O)Nc2ccc(COC=O)cc2COC(=O)I)ccc1OC1CC(O)CC(C(=O)O)O1. The molecule has 2 aromatic rings. The van der Waals surface area contributed by atoms with Crippen LogP contribution in [0.5, 0.6) is 5.75 Å². The van der Waals surface area contributed by atoms with Crippen molar-refractivity contribution in [3.63, 3.8) is 0 Å². The number of anilines is 1. The number of aliphatic hydroxyl groups excluding tert-OH is 1. The molecule has 0 spiro atoms. The molecule has 1 saturated heterocycles. The van der Waals surface area contributed by atoms with E-state index in [-0.39, 0.29) is 62.8 Å². The summed E-state index contributed by atoms with van der Waals surface area (Å²) in [6.45, 7) is 1.68. The van der Waals surface area contributed by atoms with Crippen molar-refractivity contribution in [2.45, 2.75) is 51.2 Å². The minimum absolute atomic E-state index is 0.0275. The molecule has 0 aliphatic carbocycles. The van der Waals surface area contributed by atoms with Gasteiger partial charge in [0.15, 0.2) is 6.10 Å². The van der Waals surface area contributed by atoms with Gasteiger partial charge in [0.25, 0.3) is 12.4 Å². The van der Waals surface area contributed by atoms with Crippen LogP contribution in [0, 0.1) is 0 Å². The molecule has 1 aliphatic heterocycles. The third kappa shape index (κ3) is 14.4. The number of methoxy groups -OCH3 is 1. The largest absolute Gasteiger partial charge is 0.479 e. The van der Waals surface area contributed by atoms with Crippen LogP contribution in [0.15, 0.2) is 36.4 Å². The molecule has 1 fully saturated rings. The van der Waals surface area contributed by atoms with Gasteiger partial charge in [0.2, 0.25) is 6.29 Å². The fourth-order valence-corrected chi connectivity index (χ4v) is 4.67. The van der Waals surface area contributed by atoms with Crippen molar-refractivity contribution >= 4 is 56.7 Å². The lowest BCUT2D eigenvalue weighted by molar-refractivity contribution is -0.195. The van der Waals surface area contributed by atoms with Gasteiger partial charge in [-0.05, 0) is 35.4 Å². The molecule has 3 unspecified atom stereocenters. The minimum Gasteiger partial charge on any atom is -0.479 e. The fourth-order valence-electron chi connectivity index (χ4n) is 4.52. The number of aliphatic hydroxyl groups is 1. The smallest absolute Gasteiger partial charge is 0.411 e. The average Bonchev–Trinajstić information content (AvgIpc) is 3.08. The summed E-state index contributed by atoms with van der Waals surface area (Å²) in [4.78, 5) is 59.4. The third-order valence-electron chi connectivity index (χ3n) is 6.86. The van der Waals surface area contributed by atoms with Crippen molar-refractivity contribution in [1.29, 1.82) is 0 Å². The molecule has 17 nitrogen and oxygen atoms in total. The lowest BCUT2D eigenvalue weighted by Crippen LogP contribution is -2.42. The van der Waals surface area contributed by atoms with Gasteiger partial charge in [0, 0.05) is 32.1 Å². The summed E-state index contributed by atoms with van der Waals surface area (Å²) < 4.78 is 41.6. The van der Waals surface area contributed by atoms with Crippen molar-refractivity contribution in [2.75, 3.05) is 52.0 Å². The predicted octanol–water partition coefficient (Wildman–Crippen LogP) is 2.92. The first-order valence-electron chi connectivity index (χ1n) is 15.3. The van der Waals surface area contributed by atoms with Gasteiger partial charge in [0.1, 0.15) is 25.6 Å². The van der Waals surface area contributed by atoms with Gasteiger partial charge in [-0.3, -0.25) is 14.9 Å². The van der Waals surface area contributed by atoms with Crippen LogP contribution in [0.25, 0.3) is 0 Å². The molecule has 4 N–H and O–H groups in total. The third-order valence-corrected chi connectivity index (χ3v) is 7.17. The number of rotatable bonds is 21. The van der Waals surface area contributed by atoms with Crippen LogP contribution in [-0.2, 0) is 62.6 Å². The number of halogens is 1. The number of carbonyl (C=O) groups is 5. The maximum atomic E-state index is 13.3. The summed E-state index contributed by atoms with van der Waals surface area (Å²) in [6, 6.07) is 9.14. The lowest BCUT2D eigenvalue weighted by atomic mass is 10.0. The van der Waals surface area contributed by atoms with Crippen LogP contribution in [0.4, 0.5) is 15.3 Å². The molecule has 3 atom stereocenters. The molecule has 0 radical (unpaired) electrons. The molecular weight excluding hydrogens is 779 g/mol. The van der Waals surface area contributed by atoms with Gasteiger partial charge < -0.3 is 53.4 Å². The van der Waals surface area contributed by atoms with E-state index in [1.54, 1.807) is 19.2 Å². The first-order chi connectivity index (χ1) is 24.1. The molecule has 3 rings (SSSR count). The van der Waals surface area contributed by atoms with Crippen molar-refractivity contribution in [3.8, 4) is 5.75 Å². The van der Waals surface area contributed by atoms with E-state index in [1.807, 2.05) is 0 Å². The van der Waals surface area contributed by atoms with Crippen LogP contribution in [0.1, 0.15) is 39.9 Å². The van der Waals surface area contributed by atoms with Crippen molar-refractivity contribution in [2.24, 2.45) is 0 Å². The van der Waals surface area contributed by atoms with Gasteiger partial charge in [-0.2, -0.15) is 0 Å². The summed E-state index contributed by atoms with van der Waals surface area (Å²) in [5.41, 5.74) is 1.72. The van der Waals surface area contributed by atoms with Crippen molar-refractivity contribution in [1.82, 2.24) is 5.32 Å². The average molecular weight is 819 g/mol. The highest BCUT2D eigenvalue weighted by molar-refractivity contribution is 14.1. The lowest BCUT2D eigenvalue weighted by Gasteiger charge is -2.31. The van der Waals surface area contributed by atoms with Crippen LogP contribution in [-0.4, -0.2) is 104 Å². The topological polar surface area (TPSA) is 224 Å². The predicted molar refractivity (Wildman–Crippen MR) is 180 cm³/mol. The van der Waals surface area contributed by atoms with E-state index in [9.17, 15) is 34.2 Å². The number of aliphatic carboxylic acids is 1. The first kappa shape index (κ1) is 40.4. The van der Waals surface area contributed by atoms with Crippen LogP contribution >= 0.6 is 22.6 Å². The highest BCUT2D eigenvalue weighted by Crippen LogP contribution is 2.28. The van der Waals surface area contributed by atoms with E-state index in [2.05, 4.69) is 10.6 Å². The van der Waals surface area contributed by atoms with Crippen LogP contribution in [0.3, 0.4) is 0 Å². The monoisotopic (exact) mass is 818 g/mol. The quantitative estimate of drug-likeness (QED) is 0.0468. The molecule has 1 aliphatic rings. The highest BCUT2D eigenvalue weighted by Gasteiger charge is 2.34. The van der Waals surface area contributed by atoms with Gasteiger partial charge in [-0.1, -0.05) is 12.1 Å². The van der Waals surface area contributed by atoms with Crippen LogP contribution < -0.4 is 15.4 Å². The second kappa shape index (κ2) is 21.9. The van der Waals surface area contributed by atoms with E-state index in [0.29, 0.717) is 49.6 Å². The number of nitrogens with one attached hydrogen (secondary N) is 2. The highest BCUT2D eigenvalue weighted by atomic mass is 127. The molecule has 2 amide bonds. The van der Waals surface area contributed by atoms with E-state index >= 15 is 0 Å². The summed E-state index contributed by atoms with van der Waals surface area (Å²) in [5.74, 6) is -1.78. The number of hydrogen-bond donors (Lipinski definition) is 4. The summed E-state index contributed by atoms with van der Waals surface area (Å²) in [5, 5.41) is 24.8. The Morgan fingerprint density at radius 3 is 2.38 bits per heavy atom. The number of ether oxygens (including phenoxy) is 8. The number of benzene rings is 2. The van der Waals surface area contributed by atoms with Crippen molar-refractivity contribution < 1.29 is 72.1 Å². The summed E-state index contributed by atoms with van der Waals surface area (Å²) >= 11 is 1.47. The Bertz CT molecular complexity index is 1440. The fraction of sp³-hybridized carbons (Fsp3) is 0.469. The Morgan fingerprint density at radius 2 is 1.66 bits per heavy atom. The molecule has 0 aromatic heterocycles. The standard InChI is InChI=1S/C32H39IN2O15/c1-43-8-9-45-11-10-44-7-6-34-29(38)24-13-21(3-5-26(24)49-28-15-23(37)14-27(50-28)30(39)40)17-48-32(42)35-25-4-2-20(16-46-19-36)12-22(25)18-47-31(33)41/h2-5,12-13,19,23,27-28,37H,6-11,14-18H2,1H3,(H,34,38)(H,35,42)(H,39,40). The van der Waals surface area contributed by atoms with Gasteiger partial charge >= 0.3 is 16.0 Å². The van der Waals surface area contributed by atoms with E-state index < -0.39 is 40.4 Å². The molecule has 2 aromatic carbocycles. The second-order valence-electron chi connectivity index (χ2n) is 10.6. The molecule has 18 heteroatoms. The number of carbonyl (C=O) groups excluding carboxylic acids is 4. The first-order valence-corrected chi connectivity index (χ1v) is 16.4. The van der Waals surface area contributed by atoms with Gasteiger partial charge in [0.05, 0.1) is 73.0 Å². The zero-order valence-electron chi connectivity index (χ0n) is 27.1. The maximum absolute atomic E-state index is 13.3. The molecule has 1 heterocycles. The minimum atomic E-state index is -1.29. The van der Waals surface area contributed by atoms with Crippen molar-refractivity contribution in [3.05, 3.63) is 58.7 Å². The Balaban J connectivity index is 1.68. The molecule has 50 heavy (non-hydrogen) atoms. The second-order valence-corrected chi connectivity index (χ2v) is 11.4. The molecular formula is C32H39IN2O15.